The molecule has 3 heteroatoms. The molecule has 3 nitrogen and oxygen atoms in total. The summed E-state index contributed by atoms with van der Waals surface area (Å²) in [5.74, 6) is 0. The van der Waals surface area contributed by atoms with Crippen LogP contribution in [0.1, 0.15) is 43.9 Å². The predicted octanol–water partition coefficient (Wildman–Crippen LogP) is 6.05. The molecule has 0 aliphatic carbocycles. The van der Waals surface area contributed by atoms with Gasteiger partial charge in [-0.2, -0.15) is 0 Å². The quantitative estimate of drug-likeness (QED) is 0.276. The molecule has 0 fully saturated rings. The van der Waals surface area contributed by atoms with Gasteiger partial charge in [0.2, 0.25) is 0 Å². The van der Waals surface area contributed by atoms with E-state index in [1.165, 1.54) is 16.7 Å². The van der Waals surface area contributed by atoms with Gasteiger partial charge in [-0.05, 0) is 75.3 Å². The Kier molecular flexibility index (Phi) is 8.80. The largest absolute Gasteiger partial charge is 0.396 e. The molecule has 0 aromatic heterocycles. The lowest BCUT2D eigenvalue weighted by Crippen LogP contribution is -2.55. The molecule has 1 aromatic carbocycles. The average Bonchev–Trinajstić information content (AvgIpc) is 2.70. The molecule has 0 heterocycles. The highest BCUT2D eigenvalue weighted by molar-refractivity contribution is 5.45. The summed E-state index contributed by atoms with van der Waals surface area (Å²) in [7, 11) is 2.03. The van der Waals surface area contributed by atoms with Gasteiger partial charge in [0.25, 0.3) is 0 Å². The SMILES string of the molecule is C=CC(C)(N(C)/C=C\C(=C)C(=C)/C=C(/C)N=C)C(C)(CCO)c1ccc(C)cc1C. The summed E-state index contributed by atoms with van der Waals surface area (Å²) in [5.41, 5.74) is 5.22. The van der Waals surface area contributed by atoms with E-state index in [-0.39, 0.29) is 12.0 Å². The van der Waals surface area contributed by atoms with E-state index in [0.717, 1.165) is 16.8 Å². The van der Waals surface area contributed by atoms with Crippen molar-refractivity contribution in [3.63, 3.8) is 0 Å². The number of likely N-dealkylation sites (N-methyl/N-ethyl adjacent to an activating group) is 1. The lowest BCUT2D eigenvalue weighted by Gasteiger charge is -2.51. The smallest absolute Gasteiger partial charge is 0.0639 e. The zero-order chi connectivity index (χ0) is 23.1. The maximum atomic E-state index is 9.93. The molecular formula is C27H38N2O. The Morgan fingerprint density at radius 1 is 1.20 bits per heavy atom. The highest BCUT2D eigenvalue weighted by Crippen LogP contribution is 2.44. The van der Waals surface area contributed by atoms with Gasteiger partial charge in [-0.15, -0.1) is 6.58 Å². The van der Waals surface area contributed by atoms with E-state index in [9.17, 15) is 5.11 Å². The molecule has 0 saturated carbocycles. The molecule has 1 N–H and O–H groups in total. The third kappa shape index (κ3) is 5.28. The van der Waals surface area contributed by atoms with Crippen LogP contribution in [0, 0.1) is 13.8 Å². The van der Waals surface area contributed by atoms with Crippen LogP contribution in [0.15, 0.2) is 84.2 Å². The Bertz CT molecular complexity index is 877. The number of hydrogen-bond acceptors (Lipinski definition) is 3. The second kappa shape index (κ2) is 10.4. The number of nitrogens with zero attached hydrogens (tertiary/aromatic N) is 2. The number of benzene rings is 1. The fraction of sp³-hybridized carbons (Fsp3) is 0.370. The van der Waals surface area contributed by atoms with Crippen LogP contribution in [-0.4, -0.2) is 35.9 Å². The van der Waals surface area contributed by atoms with E-state index >= 15 is 0 Å². The van der Waals surface area contributed by atoms with E-state index in [2.05, 4.69) is 82.2 Å². The van der Waals surface area contributed by atoms with Gasteiger partial charge in [0, 0.05) is 31.0 Å². The van der Waals surface area contributed by atoms with Gasteiger partial charge < -0.3 is 10.0 Å². The minimum Gasteiger partial charge on any atom is -0.396 e. The molecule has 1 rings (SSSR count). The Morgan fingerprint density at radius 2 is 1.83 bits per heavy atom. The second-order valence-electron chi connectivity index (χ2n) is 8.40. The monoisotopic (exact) mass is 406 g/mol. The van der Waals surface area contributed by atoms with Crippen LogP contribution in [0.25, 0.3) is 0 Å². The van der Waals surface area contributed by atoms with Gasteiger partial charge in [0.1, 0.15) is 0 Å². The van der Waals surface area contributed by atoms with Crippen molar-refractivity contribution in [1.29, 1.82) is 0 Å². The van der Waals surface area contributed by atoms with Crippen molar-refractivity contribution in [2.24, 2.45) is 4.99 Å². The van der Waals surface area contributed by atoms with Crippen LogP contribution in [0.4, 0.5) is 0 Å². The first-order chi connectivity index (χ1) is 14.0. The molecule has 0 radical (unpaired) electrons. The van der Waals surface area contributed by atoms with E-state index in [1.54, 1.807) is 0 Å². The number of rotatable bonds is 11. The first-order valence-corrected chi connectivity index (χ1v) is 10.2. The first kappa shape index (κ1) is 25.4. The number of aliphatic imine (C=N–C) groups is 1. The van der Waals surface area contributed by atoms with Gasteiger partial charge in [-0.1, -0.05) is 49.9 Å². The van der Waals surface area contributed by atoms with Gasteiger partial charge in [-0.3, -0.25) is 4.99 Å². The van der Waals surface area contributed by atoms with Crippen LogP contribution >= 0.6 is 0 Å². The van der Waals surface area contributed by atoms with E-state index in [1.807, 2.05) is 38.4 Å². The standard InChI is InChI=1S/C27H38N2O/c1-11-27(8,29(10)16-14-21(3)22(4)19-24(6)28-9)26(7,15-17-30)25-13-12-20(2)18-23(25)5/h11-14,16,18-19,30H,1,3-4,9,15,17H2,2,5-8,10H3/b16-14-,24-19-. The molecule has 2 atom stereocenters. The van der Waals surface area contributed by atoms with Crippen LogP contribution in [0.5, 0.6) is 0 Å². The van der Waals surface area contributed by atoms with E-state index in [0.29, 0.717) is 6.42 Å². The molecule has 0 saturated heterocycles. The number of aliphatic hydroxyl groups is 1. The van der Waals surface area contributed by atoms with E-state index < -0.39 is 5.54 Å². The van der Waals surface area contributed by atoms with Crippen molar-refractivity contribution in [3.05, 3.63) is 95.9 Å². The van der Waals surface area contributed by atoms with Crippen molar-refractivity contribution in [3.8, 4) is 0 Å². The number of hydrogen-bond donors (Lipinski definition) is 1. The topological polar surface area (TPSA) is 35.8 Å². The zero-order valence-electron chi connectivity index (χ0n) is 19.6. The summed E-state index contributed by atoms with van der Waals surface area (Å²) in [6.45, 7) is 26.4. The minimum absolute atomic E-state index is 0.0902. The van der Waals surface area contributed by atoms with Crippen LogP contribution < -0.4 is 0 Å². The van der Waals surface area contributed by atoms with Gasteiger partial charge in [0.15, 0.2) is 0 Å². The molecule has 0 amide bonds. The average molecular weight is 407 g/mol. The molecule has 1 aromatic rings. The fourth-order valence-corrected chi connectivity index (χ4v) is 3.93. The van der Waals surface area contributed by atoms with E-state index in [4.69, 9.17) is 0 Å². The lowest BCUT2D eigenvalue weighted by molar-refractivity contribution is 0.113. The Labute approximate surface area is 183 Å². The van der Waals surface area contributed by atoms with Crippen LogP contribution in [-0.2, 0) is 5.41 Å². The zero-order valence-corrected chi connectivity index (χ0v) is 19.6. The van der Waals surface area contributed by atoms with Crippen molar-refractivity contribution in [2.75, 3.05) is 13.7 Å². The van der Waals surface area contributed by atoms with Gasteiger partial charge >= 0.3 is 0 Å². The predicted molar refractivity (Wildman–Crippen MR) is 132 cm³/mol. The molecule has 30 heavy (non-hydrogen) atoms. The Hall–Kier alpha value is -2.65. The molecule has 0 spiro atoms. The molecular weight excluding hydrogens is 368 g/mol. The summed E-state index contributed by atoms with van der Waals surface area (Å²) in [5, 5.41) is 9.93. The van der Waals surface area contributed by atoms with Crippen molar-refractivity contribution < 1.29 is 5.11 Å². The number of aryl methyl sites for hydroxylation is 2. The fourth-order valence-electron chi connectivity index (χ4n) is 3.93. The number of allylic oxidation sites excluding steroid dienone is 5. The van der Waals surface area contributed by atoms with Crippen LogP contribution in [0.2, 0.25) is 0 Å². The number of aliphatic hydroxyl groups excluding tert-OH is 1. The maximum absolute atomic E-state index is 9.93. The first-order valence-electron chi connectivity index (χ1n) is 10.2. The highest BCUT2D eigenvalue weighted by Gasteiger charge is 2.46. The third-order valence-electron chi connectivity index (χ3n) is 6.38. The van der Waals surface area contributed by atoms with Crippen LogP contribution in [0.3, 0.4) is 0 Å². The minimum atomic E-state index is -0.456. The summed E-state index contributed by atoms with van der Waals surface area (Å²) in [6.07, 6.45) is 8.38. The molecule has 2 unspecified atom stereocenters. The molecule has 0 aliphatic rings. The normalized spacial score (nSPS) is 15.9. The van der Waals surface area contributed by atoms with Crippen molar-refractivity contribution >= 4 is 6.72 Å². The second-order valence-corrected chi connectivity index (χ2v) is 8.40. The maximum Gasteiger partial charge on any atom is 0.0639 e. The Balaban J connectivity index is 3.37. The van der Waals surface area contributed by atoms with Crippen molar-refractivity contribution in [2.45, 2.75) is 52.0 Å². The lowest BCUT2D eigenvalue weighted by atomic mass is 9.63. The highest BCUT2D eigenvalue weighted by atomic mass is 16.3. The molecule has 0 bridgehead atoms. The summed E-state index contributed by atoms with van der Waals surface area (Å²) >= 11 is 0. The summed E-state index contributed by atoms with van der Waals surface area (Å²) < 4.78 is 0. The molecule has 162 valence electrons. The third-order valence-corrected chi connectivity index (χ3v) is 6.38. The molecule has 0 aliphatic heterocycles. The Morgan fingerprint density at radius 3 is 2.33 bits per heavy atom. The van der Waals surface area contributed by atoms with Gasteiger partial charge in [0.05, 0.1) is 5.54 Å². The van der Waals surface area contributed by atoms with Crippen molar-refractivity contribution in [1.82, 2.24) is 4.90 Å². The van der Waals surface area contributed by atoms with Gasteiger partial charge in [-0.25, -0.2) is 0 Å². The summed E-state index contributed by atoms with van der Waals surface area (Å²) in [6, 6.07) is 6.50. The summed E-state index contributed by atoms with van der Waals surface area (Å²) in [4.78, 5) is 6.03.